The number of aliphatic hydroxyl groups excluding tert-OH is 2. The number of hydrogen-bond acceptors (Lipinski definition) is 14. The molecule has 2 unspecified atom stereocenters. The second-order valence-corrected chi connectivity index (χ2v) is 17.3. The van der Waals surface area contributed by atoms with Crippen molar-refractivity contribution in [3.63, 3.8) is 0 Å². The van der Waals surface area contributed by atoms with Crippen LogP contribution in [0.2, 0.25) is 0 Å². The number of methoxy groups -OCH3 is 3. The molecule has 0 aromatic heterocycles. The van der Waals surface area contributed by atoms with Gasteiger partial charge in [0, 0.05) is 107 Å². The van der Waals surface area contributed by atoms with Gasteiger partial charge in [0.25, 0.3) is 6.47 Å². The Labute approximate surface area is 464 Å². The number of phenols is 5. The van der Waals surface area contributed by atoms with E-state index in [2.05, 4.69) is 19.1 Å². The number of fused-ring (bicyclic) bond motifs is 8. The van der Waals surface area contributed by atoms with Crippen LogP contribution in [0.4, 0.5) is 0 Å². The van der Waals surface area contributed by atoms with Gasteiger partial charge in [-0.3, -0.25) is 14.4 Å². The number of phenolic OH excluding ortho intramolecular Hbond substituents is 5. The van der Waals surface area contributed by atoms with E-state index in [9.17, 15) is 45.0 Å². The van der Waals surface area contributed by atoms with Crippen molar-refractivity contribution in [3.8, 4) is 46.0 Å². The van der Waals surface area contributed by atoms with Crippen molar-refractivity contribution < 1.29 is 79.3 Å². The number of aliphatic hydroxyl groups is 2. The van der Waals surface area contributed by atoms with Crippen LogP contribution in [0.25, 0.3) is 0 Å². The normalized spacial score (nSPS) is 13.5. The molecule has 9 rings (SSSR count). The molecule has 8 bridgehead atoms. The SMILES string of the molecule is CC.CO.CO.COc1cc(O)c2cc1Cc1cc(c(O)cc1O)[C@@H](c1ccc(C(=O)O)cc1)c1cc(c(OC)cc1O)C(c1ccc(C=O)cc1)c1cc(c(OC)cc1O)C2c1ccc(C=O)cc1.Cc1ccccc1.O=CO. The number of carbonyl (C=O) groups excluding carboxylic acids is 2. The first-order chi connectivity index (χ1) is 38.7. The molecule has 9 N–H and O–H groups in total. The van der Waals surface area contributed by atoms with Crippen molar-refractivity contribution >= 4 is 25.0 Å². The lowest BCUT2D eigenvalue weighted by atomic mass is 9.76. The Morgan fingerprint density at radius 1 is 0.450 bits per heavy atom. The minimum atomic E-state index is -1.15. The molecule has 0 aliphatic heterocycles. The van der Waals surface area contributed by atoms with Crippen LogP contribution in [0.15, 0.2) is 152 Å². The van der Waals surface area contributed by atoms with Gasteiger partial charge in [0.05, 0.1) is 26.9 Å². The number of hydrogen-bond donors (Lipinski definition) is 9. The van der Waals surface area contributed by atoms with Crippen LogP contribution in [-0.2, 0) is 11.2 Å². The Bertz CT molecular complexity index is 3320. The fourth-order valence-electron chi connectivity index (χ4n) is 9.35. The van der Waals surface area contributed by atoms with Crippen LogP contribution in [0.3, 0.4) is 0 Å². The molecule has 0 radical (unpaired) electrons. The van der Waals surface area contributed by atoms with Crippen molar-refractivity contribution in [3.05, 3.63) is 235 Å². The number of aromatic hydroxyl groups is 5. The molecule has 80 heavy (non-hydrogen) atoms. The van der Waals surface area contributed by atoms with Gasteiger partial charge >= 0.3 is 5.97 Å². The van der Waals surface area contributed by atoms with Gasteiger partial charge in [-0.05, 0) is 71.1 Å². The van der Waals surface area contributed by atoms with Crippen LogP contribution in [-0.4, -0.2) is 107 Å². The third-order valence-electron chi connectivity index (χ3n) is 12.9. The highest BCUT2D eigenvalue weighted by atomic mass is 16.5. The molecule has 0 saturated carbocycles. The lowest BCUT2D eigenvalue weighted by Crippen LogP contribution is -2.13. The topological polar surface area (TPSA) is 278 Å². The Hall–Kier alpha value is -9.64. The van der Waals surface area contributed by atoms with Gasteiger partial charge in [-0.2, -0.15) is 0 Å². The molecule has 1 aliphatic carbocycles. The van der Waals surface area contributed by atoms with Crippen LogP contribution in [0.5, 0.6) is 46.0 Å². The predicted octanol–water partition coefficient (Wildman–Crippen LogP) is 10.9. The van der Waals surface area contributed by atoms with Gasteiger partial charge in [-0.1, -0.05) is 110 Å². The first kappa shape index (κ1) is 62.9. The van der Waals surface area contributed by atoms with Crippen molar-refractivity contribution in [1.82, 2.24) is 0 Å². The zero-order valence-electron chi connectivity index (χ0n) is 45.5. The highest BCUT2D eigenvalue weighted by molar-refractivity contribution is 5.87. The highest BCUT2D eigenvalue weighted by Gasteiger charge is 2.34. The molecule has 1 aliphatic rings. The first-order valence-electron chi connectivity index (χ1n) is 24.9. The highest BCUT2D eigenvalue weighted by Crippen LogP contribution is 2.52. The van der Waals surface area contributed by atoms with Crippen LogP contribution in [0.1, 0.15) is 129 Å². The number of aromatic carboxylic acids is 1. The van der Waals surface area contributed by atoms with E-state index in [1.54, 1.807) is 84.9 Å². The maximum absolute atomic E-state index is 12.2. The molecule has 16 heteroatoms. The van der Waals surface area contributed by atoms with E-state index in [0.717, 1.165) is 20.5 Å². The zero-order valence-corrected chi connectivity index (χ0v) is 45.5. The fraction of sp³-hybridized carbons (Fsp3) is 0.188. The third-order valence-corrected chi connectivity index (χ3v) is 12.9. The number of carboxylic acid groups (broad SMARTS) is 2. The van der Waals surface area contributed by atoms with E-state index in [1.165, 1.54) is 63.3 Å². The quantitative estimate of drug-likeness (QED) is 0.0608. The summed E-state index contributed by atoms with van der Waals surface area (Å²) in [5.74, 6) is -4.36. The van der Waals surface area contributed by atoms with Crippen molar-refractivity contribution in [1.29, 1.82) is 0 Å². The monoisotopic (exact) mass is 1090 g/mol. The predicted molar refractivity (Wildman–Crippen MR) is 304 cm³/mol. The number of aryl methyl sites for hydroxylation is 1. The van der Waals surface area contributed by atoms with Gasteiger partial charge < -0.3 is 60.2 Å². The van der Waals surface area contributed by atoms with E-state index in [1.807, 2.05) is 32.0 Å². The first-order valence-corrected chi connectivity index (χ1v) is 24.9. The Morgan fingerprint density at radius 2 is 0.787 bits per heavy atom. The molecule has 8 aromatic rings. The summed E-state index contributed by atoms with van der Waals surface area (Å²) in [5.41, 5.74) is 6.80. The zero-order chi connectivity index (χ0) is 59.2. The van der Waals surface area contributed by atoms with Crippen molar-refractivity contribution in [2.24, 2.45) is 0 Å². The molecule has 418 valence electrons. The summed E-state index contributed by atoms with van der Waals surface area (Å²) in [5, 5.41) is 90.0. The second-order valence-electron chi connectivity index (χ2n) is 17.3. The Balaban J connectivity index is 0.000000763. The largest absolute Gasteiger partial charge is 0.508 e. The Kier molecular flexibility index (Phi) is 23.9. The number of ether oxygens (including phenoxy) is 3. The summed E-state index contributed by atoms with van der Waals surface area (Å²) in [6.45, 7) is 5.83. The summed E-state index contributed by atoms with van der Waals surface area (Å²) in [4.78, 5) is 44.1. The average molecular weight is 1090 g/mol. The smallest absolute Gasteiger partial charge is 0.335 e. The number of carboxylic acids is 1. The molecule has 8 aromatic carbocycles. The lowest BCUT2D eigenvalue weighted by Gasteiger charge is -2.29. The molecular weight excluding hydrogens is 1020 g/mol. The third kappa shape index (κ3) is 14.5. The molecule has 0 saturated heterocycles. The number of carbonyl (C=O) groups is 4. The standard InChI is InChI=1S/C52H42O12.C7H8.C2H6.CH2O2.2CH4O/c1-62-46-22-43(57)36-18-34(46)16-33-17-35(42(56)21-41(33)55)49(31-12-14-32(15-13-31)52(60)61)37-19-40(48(64-3)23-44(37)58)51(30-10-6-28(26-54)7-11-30)38-20-39(47(63-2)24-45(38)59)50(36)29-8-4-27(25-53)5-9-29;1-7-5-3-2-4-6-7;1-2;2-1-3;2*1-2/h4-15,17-26,49-51,55-59H,16H2,1-3H3,(H,60,61);2-6H,1H3;1-2H3;1H,(H,2,3);2*2H,1H3/t49-,50?,51?;;;;;/m1...../s1. The summed E-state index contributed by atoms with van der Waals surface area (Å²) in [7, 11) is 6.33. The molecule has 0 heterocycles. The van der Waals surface area contributed by atoms with E-state index in [-0.39, 0.29) is 75.6 Å². The van der Waals surface area contributed by atoms with E-state index >= 15 is 0 Å². The summed E-state index contributed by atoms with van der Waals surface area (Å²) in [6, 6.07) is 42.1. The fourth-order valence-corrected chi connectivity index (χ4v) is 9.35. The average Bonchev–Trinajstić information content (AvgIpc) is 3.48. The number of aldehydes is 2. The van der Waals surface area contributed by atoms with Crippen LogP contribution >= 0.6 is 0 Å². The lowest BCUT2D eigenvalue weighted by molar-refractivity contribution is -0.122. The molecule has 0 amide bonds. The van der Waals surface area contributed by atoms with Gasteiger partial charge in [0.1, 0.15) is 58.6 Å². The van der Waals surface area contributed by atoms with Crippen molar-refractivity contribution in [2.75, 3.05) is 35.5 Å². The van der Waals surface area contributed by atoms with Crippen LogP contribution in [0, 0.1) is 6.92 Å². The maximum Gasteiger partial charge on any atom is 0.335 e. The summed E-state index contributed by atoms with van der Waals surface area (Å²) >= 11 is 0. The second kappa shape index (κ2) is 30.3. The van der Waals surface area contributed by atoms with Crippen molar-refractivity contribution in [2.45, 2.75) is 44.9 Å². The summed E-state index contributed by atoms with van der Waals surface area (Å²) in [6.07, 6.45) is 1.44. The summed E-state index contributed by atoms with van der Waals surface area (Å²) < 4.78 is 17.7. The molecule has 3 atom stereocenters. The van der Waals surface area contributed by atoms with Crippen LogP contribution < -0.4 is 14.2 Å². The van der Waals surface area contributed by atoms with E-state index < -0.39 is 23.7 Å². The van der Waals surface area contributed by atoms with Gasteiger partial charge in [-0.15, -0.1) is 0 Å². The maximum atomic E-state index is 12.2. The van der Waals surface area contributed by atoms with Gasteiger partial charge in [0.2, 0.25) is 0 Å². The molecule has 0 spiro atoms. The molecule has 16 nitrogen and oxygen atoms in total. The Morgan fingerprint density at radius 3 is 1.14 bits per heavy atom. The molecule has 0 fully saturated rings. The van der Waals surface area contributed by atoms with Gasteiger partial charge in [-0.25, -0.2) is 4.79 Å². The van der Waals surface area contributed by atoms with Gasteiger partial charge in [0.15, 0.2) is 0 Å². The molecular formula is C64H66O16. The van der Waals surface area contributed by atoms with E-state index in [4.69, 9.17) is 34.3 Å². The number of rotatable bonds is 9. The minimum absolute atomic E-state index is 0.00468. The minimum Gasteiger partial charge on any atom is -0.508 e. The van der Waals surface area contributed by atoms with E-state index in [0.29, 0.717) is 67.5 Å². The number of benzene rings is 8.